The van der Waals surface area contributed by atoms with E-state index in [-0.39, 0.29) is 17.9 Å². The van der Waals surface area contributed by atoms with Crippen LogP contribution in [0.4, 0.5) is 24.5 Å². The lowest BCUT2D eigenvalue weighted by Crippen LogP contribution is -2.34. The van der Waals surface area contributed by atoms with Crippen molar-refractivity contribution >= 4 is 11.4 Å². The Labute approximate surface area is 120 Å². The number of alkyl halides is 2. The van der Waals surface area contributed by atoms with Crippen LogP contribution in [0, 0.1) is 5.82 Å². The van der Waals surface area contributed by atoms with Crippen LogP contribution in [0.1, 0.15) is 13.3 Å². The van der Waals surface area contributed by atoms with Crippen LogP contribution in [0.5, 0.6) is 5.75 Å². The summed E-state index contributed by atoms with van der Waals surface area (Å²) in [6.07, 6.45) is 0.359. The molecule has 8 heteroatoms. The smallest absolute Gasteiger partial charge is 0.387 e. The molecule has 1 atom stereocenters. The van der Waals surface area contributed by atoms with Crippen molar-refractivity contribution in [1.82, 2.24) is 0 Å². The van der Waals surface area contributed by atoms with E-state index in [1.807, 2.05) is 0 Å². The highest BCUT2D eigenvalue weighted by molar-refractivity contribution is 5.68. The Balaban J connectivity index is 2.78. The predicted molar refractivity (Wildman–Crippen MR) is 73.1 cm³/mol. The molecule has 1 rings (SSSR count). The molecule has 0 aliphatic heterocycles. The van der Waals surface area contributed by atoms with E-state index in [4.69, 9.17) is 10.5 Å². The fourth-order valence-electron chi connectivity index (χ4n) is 1.60. The van der Waals surface area contributed by atoms with Crippen LogP contribution in [0.15, 0.2) is 12.1 Å². The molecule has 0 fully saturated rings. The molecule has 1 unspecified atom stereocenters. The Hall–Kier alpha value is -1.67. The molecule has 1 aromatic rings. The van der Waals surface area contributed by atoms with Crippen LogP contribution in [0.25, 0.3) is 0 Å². The molecule has 5 nitrogen and oxygen atoms in total. The van der Waals surface area contributed by atoms with Gasteiger partial charge < -0.3 is 25.6 Å². The number of hydrogen-bond donors (Lipinski definition) is 3. The Bertz CT molecular complexity index is 470. The normalized spacial score (nSPS) is 14.0. The van der Waals surface area contributed by atoms with Gasteiger partial charge in [0.2, 0.25) is 0 Å². The van der Waals surface area contributed by atoms with Crippen LogP contribution in [-0.2, 0) is 4.74 Å². The molecule has 0 saturated heterocycles. The van der Waals surface area contributed by atoms with Gasteiger partial charge in [-0.15, -0.1) is 0 Å². The lowest BCUT2D eigenvalue weighted by molar-refractivity contribution is -0.0521. The highest BCUT2D eigenvalue weighted by Gasteiger charge is 2.21. The molecule has 0 aliphatic carbocycles. The number of nitrogens with one attached hydrogen (secondary N) is 1. The molecule has 0 bridgehead atoms. The monoisotopic (exact) mass is 308 g/mol. The molecule has 4 N–H and O–H groups in total. The number of nitrogens with two attached hydrogens (primary N) is 1. The molecular formula is C13H19F3N2O3. The summed E-state index contributed by atoms with van der Waals surface area (Å²) in [7, 11) is 1.51. The lowest BCUT2D eigenvalue weighted by Gasteiger charge is -2.24. The van der Waals surface area contributed by atoms with Crippen molar-refractivity contribution in [3.8, 4) is 5.75 Å². The van der Waals surface area contributed by atoms with Gasteiger partial charge in [0, 0.05) is 38.8 Å². The maximum atomic E-state index is 13.4. The zero-order valence-corrected chi connectivity index (χ0v) is 11.8. The van der Waals surface area contributed by atoms with E-state index in [1.165, 1.54) is 7.11 Å². The van der Waals surface area contributed by atoms with Crippen molar-refractivity contribution in [2.45, 2.75) is 25.6 Å². The third-order valence-electron chi connectivity index (χ3n) is 2.82. The summed E-state index contributed by atoms with van der Waals surface area (Å²) >= 11 is 0. The second-order valence-corrected chi connectivity index (χ2v) is 4.84. The summed E-state index contributed by atoms with van der Waals surface area (Å²) in [6.45, 7) is -1.12. The van der Waals surface area contributed by atoms with Crippen molar-refractivity contribution in [2.24, 2.45) is 0 Å². The summed E-state index contributed by atoms with van der Waals surface area (Å²) in [5, 5.41) is 12.8. The van der Waals surface area contributed by atoms with Gasteiger partial charge in [0.05, 0.1) is 17.0 Å². The number of nitrogen functional groups attached to an aromatic ring is 1. The minimum atomic E-state index is -3.14. The van der Waals surface area contributed by atoms with Gasteiger partial charge in [0.25, 0.3) is 0 Å². The highest BCUT2D eigenvalue weighted by atomic mass is 19.3. The van der Waals surface area contributed by atoms with Crippen LogP contribution in [0.2, 0.25) is 0 Å². The van der Waals surface area contributed by atoms with Gasteiger partial charge >= 0.3 is 6.61 Å². The molecule has 0 saturated carbocycles. The minimum absolute atomic E-state index is 0.0247. The van der Waals surface area contributed by atoms with Gasteiger partial charge in [-0.1, -0.05) is 0 Å². The van der Waals surface area contributed by atoms with E-state index in [2.05, 4.69) is 10.1 Å². The molecule has 0 heterocycles. The van der Waals surface area contributed by atoms with Crippen LogP contribution >= 0.6 is 0 Å². The predicted octanol–water partition coefficient (Wildman–Crippen LogP) is 2.21. The number of rotatable bonds is 8. The minimum Gasteiger partial charge on any atom is -0.432 e. The molecular weight excluding hydrogens is 289 g/mol. The van der Waals surface area contributed by atoms with Crippen molar-refractivity contribution in [3.05, 3.63) is 17.9 Å². The van der Waals surface area contributed by atoms with E-state index in [0.29, 0.717) is 13.0 Å². The molecule has 0 radical (unpaired) electrons. The first-order valence-electron chi connectivity index (χ1n) is 6.24. The number of hydrogen-bond acceptors (Lipinski definition) is 5. The first-order valence-corrected chi connectivity index (χ1v) is 6.24. The van der Waals surface area contributed by atoms with Gasteiger partial charge in [0.15, 0.2) is 11.6 Å². The lowest BCUT2D eigenvalue weighted by atomic mass is 10.0. The molecule has 0 aliphatic rings. The van der Waals surface area contributed by atoms with E-state index in [0.717, 1.165) is 12.1 Å². The van der Waals surface area contributed by atoms with Crippen molar-refractivity contribution in [2.75, 3.05) is 31.3 Å². The number of ether oxygens (including phenoxy) is 2. The van der Waals surface area contributed by atoms with Crippen LogP contribution in [0.3, 0.4) is 0 Å². The fourth-order valence-corrected chi connectivity index (χ4v) is 1.60. The van der Waals surface area contributed by atoms with Gasteiger partial charge in [-0.25, -0.2) is 4.39 Å². The summed E-state index contributed by atoms with van der Waals surface area (Å²) in [6, 6.07) is 1.91. The molecule has 1 aromatic carbocycles. The van der Waals surface area contributed by atoms with E-state index in [9.17, 15) is 18.3 Å². The average molecular weight is 308 g/mol. The zero-order valence-electron chi connectivity index (χ0n) is 11.8. The van der Waals surface area contributed by atoms with Gasteiger partial charge in [-0.2, -0.15) is 8.78 Å². The van der Waals surface area contributed by atoms with E-state index >= 15 is 0 Å². The number of halogens is 3. The van der Waals surface area contributed by atoms with Crippen molar-refractivity contribution in [3.63, 3.8) is 0 Å². The Morgan fingerprint density at radius 3 is 2.67 bits per heavy atom. The number of benzene rings is 1. The largest absolute Gasteiger partial charge is 0.432 e. The summed E-state index contributed by atoms with van der Waals surface area (Å²) in [5.74, 6) is -1.59. The molecule has 0 amide bonds. The van der Waals surface area contributed by atoms with Crippen molar-refractivity contribution in [1.29, 1.82) is 0 Å². The molecule has 21 heavy (non-hydrogen) atoms. The first-order chi connectivity index (χ1) is 9.75. The Morgan fingerprint density at radius 1 is 1.43 bits per heavy atom. The van der Waals surface area contributed by atoms with Gasteiger partial charge in [-0.3, -0.25) is 0 Å². The third-order valence-corrected chi connectivity index (χ3v) is 2.82. The summed E-state index contributed by atoms with van der Waals surface area (Å²) in [4.78, 5) is 0. The van der Waals surface area contributed by atoms with Gasteiger partial charge in [-0.05, 0) is 6.92 Å². The van der Waals surface area contributed by atoms with Gasteiger partial charge in [0.1, 0.15) is 0 Å². The number of methoxy groups -OCH3 is 1. The molecule has 0 spiro atoms. The maximum absolute atomic E-state index is 13.4. The van der Waals surface area contributed by atoms with E-state index in [1.54, 1.807) is 6.92 Å². The first kappa shape index (κ1) is 17.4. The van der Waals surface area contributed by atoms with Crippen LogP contribution in [-0.4, -0.2) is 37.6 Å². The number of anilines is 2. The van der Waals surface area contributed by atoms with Crippen molar-refractivity contribution < 1.29 is 27.8 Å². The highest BCUT2D eigenvalue weighted by Crippen LogP contribution is 2.29. The quantitative estimate of drug-likeness (QED) is 0.642. The maximum Gasteiger partial charge on any atom is 0.387 e. The standard InChI is InChI=1S/C13H19F3N2O3/c1-13(19,3-4-20-2)7-18-10-6-11(21-12(15)16)8(14)5-9(10)17/h5-6,12,18-19H,3-4,7,17H2,1-2H3. The zero-order chi connectivity index (χ0) is 16.0. The second kappa shape index (κ2) is 7.37. The Morgan fingerprint density at radius 2 is 2.10 bits per heavy atom. The van der Waals surface area contributed by atoms with Crippen LogP contribution < -0.4 is 15.8 Å². The number of aliphatic hydroxyl groups is 1. The summed E-state index contributed by atoms with van der Waals surface area (Å²) < 4.78 is 46.6. The topological polar surface area (TPSA) is 76.7 Å². The Kier molecular flexibility index (Phi) is 6.10. The second-order valence-electron chi connectivity index (χ2n) is 4.84. The average Bonchev–Trinajstić information content (AvgIpc) is 2.38. The fraction of sp³-hybridized carbons (Fsp3) is 0.538. The SMILES string of the molecule is COCCC(C)(O)CNc1cc(OC(F)F)c(F)cc1N. The summed E-state index contributed by atoms with van der Waals surface area (Å²) in [5.41, 5.74) is 4.73. The third kappa shape index (κ3) is 5.68. The molecule has 0 aromatic heterocycles. The van der Waals surface area contributed by atoms with E-state index < -0.39 is 23.8 Å². The molecule has 120 valence electrons.